The molecule has 1 atom stereocenters. The van der Waals surface area contributed by atoms with Crippen LogP contribution in [-0.2, 0) is 0 Å². The van der Waals surface area contributed by atoms with Crippen LogP contribution < -0.4 is 0 Å². The second-order valence-electron chi connectivity index (χ2n) is 3.96. The quantitative estimate of drug-likeness (QED) is 0.578. The van der Waals surface area contributed by atoms with Crippen LogP contribution in [0.25, 0.3) is 0 Å². The van der Waals surface area contributed by atoms with E-state index in [-0.39, 0.29) is 6.10 Å². The van der Waals surface area contributed by atoms with Crippen LogP contribution in [-0.4, -0.2) is 11.0 Å². The van der Waals surface area contributed by atoms with Crippen molar-refractivity contribution in [1.29, 1.82) is 0 Å². The van der Waals surface area contributed by atoms with E-state index in [0.29, 0.717) is 0 Å². The number of hydrogen-bond donors (Lipinski definition) is 1. The largest absolute Gasteiger partial charge is 0.388 e. The highest BCUT2D eigenvalue weighted by Crippen LogP contribution is 2.19. The van der Waals surface area contributed by atoms with Gasteiger partial charge < -0.3 is 5.11 Å². The average Bonchev–Trinajstić information content (AvgIpc) is 2.25. The first-order chi connectivity index (χ1) is 7.24. The maximum absolute atomic E-state index is 9.88. The lowest BCUT2D eigenvalue weighted by Crippen LogP contribution is -1.97. The van der Waals surface area contributed by atoms with Crippen LogP contribution in [0.2, 0.25) is 0 Å². The Labute approximate surface area is 97.1 Å². The van der Waals surface area contributed by atoms with Gasteiger partial charge in [-0.25, -0.2) is 0 Å². The van der Waals surface area contributed by atoms with Crippen molar-refractivity contribution in [2.45, 2.75) is 38.7 Å². The lowest BCUT2D eigenvalue weighted by molar-refractivity contribution is 0.163. The molecule has 84 valence electrons. The molecular weight excluding hydrogens is 208 g/mol. The Bertz CT molecular complexity index is 268. The summed E-state index contributed by atoms with van der Waals surface area (Å²) in [6.45, 7) is 2.05. The summed E-state index contributed by atoms with van der Waals surface area (Å²) >= 11 is 5.59. The molecule has 0 aromatic heterocycles. The van der Waals surface area contributed by atoms with Crippen molar-refractivity contribution in [2.75, 3.05) is 5.88 Å². The van der Waals surface area contributed by atoms with Gasteiger partial charge in [0, 0.05) is 5.88 Å². The molecule has 1 N–H and O–H groups in total. The summed E-state index contributed by atoms with van der Waals surface area (Å²) in [4.78, 5) is 0. The molecule has 0 aliphatic rings. The fourth-order valence-electron chi connectivity index (χ4n) is 1.56. The molecule has 1 rings (SSSR count). The monoisotopic (exact) mass is 226 g/mol. The third-order valence-corrected chi connectivity index (χ3v) is 2.84. The Balaban J connectivity index is 2.33. The SMILES string of the molecule is Cc1ccc(C(O)CCCCCCl)cc1. The van der Waals surface area contributed by atoms with Crippen LogP contribution in [0.3, 0.4) is 0 Å². The molecule has 1 aromatic rings. The highest BCUT2D eigenvalue weighted by atomic mass is 35.5. The normalized spacial score (nSPS) is 12.7. The zero-order chi connectivity index (χ0) is 11.1. The molecule has 0 aliphatic heterocycles. The lowest BCUT2D eigenvalue weighted by atomic mass is 10.0. The topological polar surface area (TPSA) is 20.2 Å². The third-order valence-electron chi connectivity index (χ3n) is 2.57. The Morgan fingerprint density at radius 3 is 2.40 bits per heavy atom. The van der Waals surface area contributed by atoms with Gasteiger partial charge in [-0.05, 0) is 25.3 Å². The minimum atomic E-state index is -0.319. The van der Waals surface area contributed by atoms with Crippen molar-refractivity contribution in [3.63, 3.8) is 0 Å². The van der Waals surface area contributed by atoms with E-state index in [4.69, 9.17) is 11.6 Å². The van der Waals surface area contributed by atoms with Gasteiger partial charge in [0.05, 0.1) is 6.10 Å². The van der Waals surface area contributed by atoms with Gasteiger partial charge in [-0.3, -0.25) is 0 Å². The van der Waals surface area contributed by atoms with E-state index in [2.05, 4.69) is 6.92 Å². The predicted octanol–water partition coefficient (Wildman–Crippen LogP) is 3.83. The van der Waals surface area contributed by atoms with Gasteiger partial charge in [-0.15, -0.1) is 11.6 Å². The second kappa shape index (κ2) is 6.86. The highest BCUT2D eigenvalue weighted by Gasteiger charge is 2.05. The first kappa shape index (κ1) is 12.5. The molecule has 0 spiro atoms. The smallest absolute Gasteiger partial charge is 0.0790 e. The molecule has 0 saturated carbocycles. The van der Waals surface area contributed by atoms with Crippen LogP contribution in [0.4, 0.5) is 0 Å². The number of hydrogen-bond acceptors (Lipinski definition) is 1. The molecule has 0 amide bonds. The summed E-state index contributed by atoms with van der Waals surface area (Å²) < 4.78 is 0. The van der Waals surface area contributed by atoms with Crippen molar-refractivity contribution < 1.29 is 5.11 Å². The number of aliphatic hydroxyl groups excluding tert-OH is 1. The summed E-state index contributed by atoms with van der Waals surface area (Å²) in [7, 11) is 0. The van der Waals surface area contributed by atoms with Gasteiger partial charge in [-0.2, -0.15) is 0 Å². The molecule has 0 radical (unpaired) electrons. The van der Waals surface area contributed by atoms with E-state index in [1.807, 2.05) is 24.3 Å². The number of aliphatic hydroxyl groups is 1. The van der Waals surface area contributed by atoms with Crippen molar-refractivity contribution in [1.82, 2.24) is 0 Å². The van der Waals surface area contributed by atoms with E-state index in [9.17, 15) is 5.11 Å². The van der Waals surface area contributed by atoms with Gasteiger partial charge in [0.1, 0.15) is 0 Å². The van der Waals surface area contributed by atoms with Gasteiger partial charge in [0.15, 0.2) is 0 Å². The molecule has 0 aliphatic carbocycles. The maximum atomic E-state index is 9.88. The molecule has 1 nitrogen and oxygen atoms in total. The molecule has 1 aromatic carbocycles. The highest BCUT2D eigenvalue weighted by molar-refractivity contribution is 6.17. The molecule has 0 heterocycles. The van der Waals surface area contributed by atoms with Crippen LogP contribution in [0.5, 0.6) is 0 Å². The summed E-state index contributed by atoms with van der Waals surface area (Å²) in [6.07, 6.45) is 3.71. The standard InChI is InChI=1S/C13H19ClO/c1-11-6-8-12(9-7-11)13(15)5-3-2-4-10-14/h6-9,13,15H,2-5,10H2,1H3. The first-order valence-corrected chi connectivity index (χ1v) is 6.08. The third kappa shape index (κ3) is 4.67. The fourth-order valence-corrected chi connectivity index (χ4v) is 1.75. The second-order valence-corrected chi connectivity index (χ2v) is 4.34. The number of halogens is 1. The lowest BCUT2D eigenvalue weighted by Gasteiger charge is -2.10. The Morgan fingerprint density at radius 1 is 1.13 bits per heavy atom. The van der Waals surface area contributed by atoms with Gasteiger partial charge >= 0.3 is 0 Å². The molecule has 2 heteroatoms. The van der Waals surface area contributed by atoms with E-state index < -0.39 is 0 Å². The minimum Gasteiger partial charge on any atom is -0.388 e. The predicted molar refractivity (Wildman–Crippen MR) is 65.3 cm³/mol. The molecule has 0 saturated heterocycles. The van der Waals surface area contributed by atoms with Crippen molar-refractivity contribution in [3.05, 3.63) is 35.4 Å². The molecule has 0 bridgehead atoms. The van der Waals surface area contributed by atoms with Crippen molar-refractivity contribution >= 4 is 11.6 Å². The zero-order valence-corrected chi connectivity index (χ0v) is 10.0. The number of alkyl halides is 1. The van der Waals surface area contributed by atoms with Crippen LogP contribution in [0.1, 0.15) is 42.9 Å². The fraction of sp³-hybridized carbons (Fsp3) is 0.538. The molecular formula is C13H19ClO. The van der Waals surface area contributed by atoms with E-state index in [0.717, 1.165) is 37.1 Å². The number of rotatable bonds is 6. The first-order valence-electron chi connectivity index (χ1n) is 5.54. The maximum Gasteiger partial charge on any atom is 0.0790 e. The Morgan fingerprint density at radius 2 is 1.80 bits per heavy atom. The van der Waals surface area contributed by atoms with Gasteiger partial charge in [0.25, 0.3) is 0 Å². The summed E-state index contributed by atoms with van der Waals surface area (Å²) in [5, 5.41) is 9.88. The number of benzene rings is 1. The molecule has 1 unspecified atom stereocenters. The summed E-state index contributed by atoms with van der Waals surface area (Å²) in [6, 6.07) is 8.08. The average molecular weight is 227 g/mol. The van der Waals surface area contributed by atoms with Gasteiger partial charge in [0.2, 0.25) is 0 Å². The summed E-state index contributed by atoms with van der Waals surface area (Å²) in [5.41, 5.74) is 2.25. The summed E-state index contributed by atoms with van der Waals surface area (Å²) in [5.74, 6) is 0.723. The van der Waals surface area contributed by atoms with Crippen molar-refractivity contribution in [2.24, 2.45) is 0 Å². The Hall–Kier alpha value is -0.530. The van der Waals surface area contributed by atoms with Crippen LogP contribution in [0.15, 0.2) is 24.3 Å². The van der Waals surface area contributed by atoms with E-state index in [1.54, 1.807) is 0 Å². The Kier molecular flexibility index (Phi) is 5.74. The number of aryl methyl sites for hydroxylation is 1. The van der Waals surface area contributed by atoms with E-state index in [1.165, 1.54) is 5.56 Å². The molecule has 15 heavy (non-hydrogen) atoms. The number of unbranched alkanes of at least 4 members (excludes halogenated alkanes) is 2. The molecule has 0 fully saturated rings. The zero-order valence-electron chi connectivity index (χ0n) is 9.25. The van der Waals surface area contributed by atoms with Crippen LogP contribution >= 0.6 is 11.6 Å². The van der Waals surface area contributed by atoms with Gasteiger partial charge in [-0.1, -0.05) is 42.7 Å². The van der Waals surface area contributed by atoms with Crippen molar-refractivity contribution in [3.8, 4) is 0 Å². The van der Waals surface area contributed by atoms with E-state index >= 15 is 0 Å². The van der Waals surface area contributed by atoms with Crippen LogP contribution in [0, 0.1) is 6.92 Å². The minimum absolute atomic E-state index is 0.319.